The molecule has 2 heteroatoms. The molecular formula is C19H25NO. The van der Waals surface area contributed by atoms with Crippen LogP contribution in [0.4, 0.5) is 0 Å². The number of benzene rings is 2. The molecule has 0 aliphatic rings. The van der Waals surface area contributed by atoms with Gasteiger partial charge in [0.05, 0.1) is 0 Å². The highest BCUT2D eigenvalue weighted by molar-refractivity contribution is 5.28. The summed E-state index contributed by atoms with van der Waals surface area (Å²) in [6.45, 7) is 8.33. The predicted molar refractivity (Wildman–Crippen MR) is 88.7 cm³/mol. The number of hydrogen-bond acceptors (Lipinski definition) is 2. The Kier molecular flexibility index (Phi) is 5.82. The number of aryl methyl sites for hydroxylation is 1. The van der Waals surface area contributed by atoms with Gasteiger partial charge in [-0.05, 0) is 37.1 Å². The van der Waals surface area contributed by atoms with Crippen molar-refractivity contribution in [3.8, 4) is 5.75 Å². The molecule has 0 amide bonds. The van der Waals surface area contributed by atoms with Crippen molar-refractivity contribution >= 4 is 0 Å². The third-order valence-corrected chi connectivity index (χ3v) is 3.35. The van der Waals surface area contributed by atoms with Crippen LogP contribution in [0.25, 0.3) is 0 Å². The van der Waals surface area contributed by atoms with Crippen LogP contribution in [0.3, 0.4) is 0 Å². The van der Waals surface area contributed by atoms with Gasteiger partial charge in [-0.1, -0.05) is 61.9 Å². The highest BCUT2D eigenvalue weighted by Gasteiger charge is 2.13. The van der Waals surface area contributed by atoms with Crippen LogP contribution in [0.2, 0.25) is 0 Å². The molecule has 1 atom stereocenters. The van der Waals surface area contributed by atoms with Crippen LogP contribution >= 0.6 is 0 Å². The molecular weight excluding hydrogens is 258 g/mol. The SMILES string of the molecule is Cc1ccc(OC(CNCC(C)C)c2ccccc2)cc1. The highest BCUT2D eigenvalue weighted by Crippen LogP contribution is 2.22. The summed E-state index contributed by atoms with van der Waals surface area (Å²) in [5, 5.41) is 3.49. The van der Waals surface area contributed by atoms with Gasteiger partial charge in [0.15, 0.2) is 0 Å². The van der Waals surface area contributed by atoms with Gasteiger partial charge in [-0.25, -0.2) is 0 Å². The lowest BCUT2D eigenvalue weighted by Crippen LogP contribution is -2.28. The van der Waals surface area contributed by atoms with Gasteiger partial charge in [-0.3, -0.25) is 0 Å². The summed E-state index contributed by atoms with van der Waals surface area (Å²) in [4.78, 5) is 0. The van der Waals surface area contributed by atoms with E-state index in [0.717, 1.165) is 18.8 Å². The summed E-state index contributed by atoms with van der Waals surface area (Å²) in [7, 11) is 0. The third-order valence-electron chi connectivity index (χ3n) is 3.35. The van der Waals surface area contributed by atoms with Crippen molar-refractivity contribution in [3.63, 3.8) is 0 Å². The van der Waals surface area contributed by atoms with Crippen LogP contribution < -0.4 is 10.1 Å². The Bertz CT molecular complexity index is 519. The van der Waals surface area contributed by atoms with Crippen molar-refractivity contribution in [1.82, 2.24) is 5.32 Å². The first-order valence-corrected chi connectivity index (χ1v) is 7.64. The normalized spacial score (nSPS) is 12.4. The van der Waals surface area contributed by atoms with Crippen molar-refractivity contribution in [2.45, 2.75) is 26.9 Å². The molecule has 0 aliphatic carbocycles. The fourth-order valence-electron chi connectivity index (χ4n) is 2.18. The maximum atomic E-state index is 6.17. The van der Waals surface area contributed by atoms with Gasteiger partial charge in [-0.15, -0.1) is 0 Å². The Hall–Kier alpha value is -1.80. The summed E-state index contributed by atoms with van der Waals surface area (Å²) in [6, 6.07) is 18.6. The van der Waals surface area contributed by atoms with Gasteiger partial charge in [0.2, 0.25) is 0 Å². The quantitative estimate of drug-likeness (QED) is 0.815. The first kappa shape index (κ1) is 15.6. The van der Waals surface area contributed by atoms with Gasteiger partial charge in [-0.2, -0.15) is 0 Å². The minimum absolute atomic E-state index is 0.0349. The lowest BCUT2D eigenvalue weighted by Gasteiger charge is -2.21. The molecule has 0 aromatic heterocycles. The molecule has 0 aliphatic heterocycles. The first-order valence-electron chi connectivity index (χ1n) is 7.64. The number of hydrogen-bond donors (Lipinski definition) is 1. The molecule has 1 unspecified atom stereocenters. The van der Waals surface area contributed by atoms with E-state index in [9.17, 15) is 0 Å². The molecule has 0 bridgehead atoms. The lowest BCUT2D eigenvalue weighted by atomic mass is 10.1. The van der Waals surface area contributed by atoms with E-state index in [4.69, 9.17) is 4.74 Å². The van der Waals surface area contributed by atoms with Crippen LogP contribution in [0.1, 0.15) is 31.1 Å². The fourth-order valence-corrected chi connectivity index (χ4v) is 2.18. The Labute approximate surface area is 128 Å². The molecule has 2 aromatic carbocycles. The average Bonchev–Trinajstić information content (AvgIpc) is 2.49. The van der Waals surface area contributed by atoms with Crippen molar-refractivity contribution in [2.75, 3.05) is 13.1 Å². The van der Waals surface area contributed by atoms with Crippen LogP contribution in [0, 0.1) is 12.8 Å². The van der Waals surface area contributed by atoms with Crippen molar-refractivity contribution in [2.24, 2.45) is 5.92 Å². The molecule has 0 radical (unpaired) electrons. The first-order chi connectivity index (χ1) is 10.1. The molecule has 2 aromatic rings. The van der Waals surface area contributed by atoms with Gasteiger partial charge in [0.1, 0.15) is 11.9 Å². The Morgan fingerprint density at radius 1 is 0.905 bits per heavy atom. The van der Waals surface area contributed by atoms with E-state index in [2.05, 4.69) is 62.5 Å². The predicted octanol–water partition coefficient (Wildman–Crippen LogP) is 4.36. The summed E-state index contributed by atoms with van der Waals surface area (Å²) < 4.78 is 6.17. The fraction of sp³-hybridized carbons (Fsp3) is 0.368. The van der Waals surface area contributed by atoms with E-state index in [1.807, 2.05) is 18.2 Å². The van der Waals surface area contributed by atoms with Crippen molar-refractivity contribution in [3.05, 3.63) is 65.7 Å². The molecule has 0 heterocycles. The monoisotopic (exact) mass is 283 g/mol. The molecule has 0 saturated carbocycles. The lowest BCUT2D eigenvalue weighted by molar-refractivity contribution is 0.200. The molecule has 1 N–H and O–H groups in total. The molecule has 2 rings (SSSR count). The zero-order valence-corrected chi connectivity index (χ0v) is 13.2. The molecule has 112 valence electrons. The zero-order valence-electron chi connectivity index (χ0n) is 13.2. The summed E-state index contributed by atoms with van der Waals surface area (Å²) in [6.07, 6.45) is 0.0349. The topological polar surface area (TPSA) is 21.3 Å². The maximum absolute atomic E-state index is 6.17. The Morgan fingerprint density at radius 3 is 2.19 bits per heavy atom. The van der Waals surface area contributed by atoms with Crippen LogP contribution in [-0.2, 0) is 0 Å². The summed E-state index contributed by atoms with van der Waals surface area (Å²) >= 11 is 0. The largest absolute Gasteiger partial charge is 0.484 e. The van der Waals surface area contributed by atoms with E-state index in [1.165, 1.54) is 11.1 Å². The highest BCUT2D eigenvalue weighted by atomic mass is 16.5. The van der Waals surface area contributed by atoms with Crippen molar-refractivity contribution < 1.29 is 4.74 Å². The third kappa shape index (κ3) is 5.24. The second-order valence-corrected chi connectivity index (χ2v) is 5.88. The van der Waals surface area contributed by atoms with E-state index >= 15 is 0 Å². The smallest absolute Gasteiger partial charge is 0.136 e. The molecule has 2 nitrogen and oxygen atoms in total. The molecule has 0 fully saturated rings. The Morgan fingerprint density at radius 2 is 1.57 bits per heavy atom. The maximum Gasteiger partial charge on any atom is 0.136 e. The Balaban J connectivity index is 2.06. The minimum atomic E-state index is 0.0349. The van der Waals surface area contributed by atoms with Gasteiger partial charge < -0.3 is 10.1 Å². The second kappa shape index (κ2) is 7.84. The van der Waals surface area contributed by atoms with Gasteiger partial charge >= 0.3 is 0 Å². The summed E-state index contributed by atoms with van der Waals surface area (Å²) in [5.74, 6) is 1.56. The summed E-state index contributed by atoms with van der Waals surface area (Å²) in [5.41, 5.74) is 2.45. The van der Waals surface area contributed by atoms with E-state index < -0.39 is 0 Å². The number of ether oxygens (including phenoxy) is 1. The van der Waals surface area contributed by atoms with Crippen molar-refractivity contribution in [1.29, 1.82) is 0 Å². The average molecular weight is 283 g/mol. The molecule has 0 saturated heterocycles. The van der Waals surface area contributed by atoms with E-state index in [1.54, 1.807) is 0 Å². The van der Waals surface area contributed by atoms with E-state index in [0.29, 0.717) is 5.92 Å². The molecule has 0 spiro atoms. The minimum Gasteiger partial charge on any atom is -0.484 e. The zero-order chi connectivity index (χ0) is 15.1. The number of nitrogens with one attached hydrogen (secondary N) is 1. The van der Waals surface area contributed by atoms with Crippen LogP contribution in [-0.4, -0.2) is 13.1 Å². The standard InChI is InChI=1S/C19H25NO/c1-15(2)13-20-14-19(17-7-5-4-6-8-17)21-18-11-9-16(3)10-12-18/h4-12,15,19-20H,13-14H2,1-3H3. The van der Waals surface area contributed by atoms with E-state index in [-0.39, 0.29) is 6.10 Å². The van der Waals surface area contributed by atoms with Gasteiger partial charge in [0, 0.05) is 6.54 Å². The number of rotatable bonds is 7. The van der Waals surface area contributed by atoms with Crippen LogP contribution in [0.5, 0.6) is 5.75 Å². The second-order valence-electron chi connectivity index (χ2n) is 5.88. The van der Waals surface area contributed by atoms with Gasteiger partial charge in [0.25, 0.3) is 0 Å². The molecule has 21 heavy (non-hydrogen) atoms. The van der Waals surface area contributed by atoms with Crippen LogP contribution in [0.15, 0.2) is 54.6 Å².